The van der Waals surface area contributed by atoms with Gasteiger partial charge in [0, 0.05) is 11.1 Å². The van der Waals surface area contributed by atoms with E-state index < -0.39 is 0 Å². The highest BCUT2D eigenvalue weighted by atomic mass is 32.1. The summed E-state index contributed by atoms with van der Waals surface area (Å²) < 4.78 is 5.07. The summed E-state index contributed by atoms with van der Waals surface area (Å²) >= 11 is 1.71. The molecule has 0 N–H and O–H groups in total. The maximum absolute atomic E-state index is 11.6. The van der Waals surface area contributed by atoms with Crippen molar-refractivity contribution in [2.75, 3.05) is 19.7 Å². The third-order valence-electron chi connectivity index (χ3n) is 3.23. The van der Waals surface area contributed by atoms with Gasteiger partial charge in [-0.2, -0.15) is 0 Å². The molecule has 0 aliphatic carbocycles. The number of ether oxygens (including phenoxy) is 1. The molecule has 0 bridgehead atoms. The molecule has 0 amide bonds. The quantitative estimate of drug-likeness (QED) is 0.785. The van der Waals surface area contributed by atoms with Gasteiger partial charge in [0.05, 0.1) is 19.1 Å². The van der Waals surface area contributed by atoms with Gasteiger partial charge in [0.25, 0.3) is 0 Å². The van der Waals surface area contributed by atoms with E-state index in [1.54, 1.807) is 11.3 Å². The summed E-state index contributed by atoms with van der Waals surface area (Å²) in [6, 6.07) is 0. The van der Waals surface area contributed by atoms with Gasteiger partial charge in [0.1, 0.15) is 5.01 Å². The highest BCUT2D eigenvalue weighted by Crippen LogP contribution is 2.21. The summed E-state index contributed by atoms with van der Waals surface area (Å²) in [5.74, 6) is 0.0708. The topological polar surface area (TPSA) is 42.4 Å². The summed E-state index contributed by atoms with van der Waals surface area (Å²) in [4.78, 5) is 18.5. The molecule has 1 aliphatic heterocycles. The predicted octanol–water partition coefficient (Wildman–Crippen LogP) is 2.23. The van der Waals surface area contributed by atoms with E-state index >= 15 is 0 Å². The van der Waals surface area contributed by atoms with E-state index in [-0.39, 0.29) is 11.9 Å². The van der Waals surface area contributed by atoms with E-state index in [9.17, 15) is 4.79 Å². The zero-order valence-corrected chi connectivity index (χ0v) is 11.8. The van der Waals surface area contributed by atoms with Crippen molar-refractivity contribution < 1.29 is 9.53 Å². The van der Waals surface area contributed by atoms with Crippen LogP contribution in [0.1, 0.15) is 30.5 Å². The van der Waals surface area contributed by atoms with Crippen LogP contribution in [-0.2, 0) is 16.1 Å². The van der Waals surface area contributed by atoms with Gasteiger partial charge in [-0.1, -0.05) is 0 Å². The molecule has 0 radical (unpaired) electrons. The van der Waals surface area contributed by atoms with Gasteiger partial charge in [0.2, 0.25) is 0 Å². The smallest absolute Gasteiger partial charge is 0.309 e. The molecule has 4 nitrogen and oxygen atoms in total. The van der Waals surface area contributed by atoms with Crippen molar-refractivity contribution in [3.8, 4) is 0 Å². The molecule has 0 atom stereocenters. The zero-order valence-electron chi connectivity index (χ0n) is 11.0. The van der Waals surface area contributed by atoms with Gasteiger partial charge in [-0.3, -0.25) is 9.69 Å². The Morgan fingerprint density at radius 1 is 1.56 bits per heavy atom. The van der Waals surface area contributed by atoms with Crippen LogP contribution < -0.4 is 0 Å². The number of hydrogen-bond donors (Lipinski definition) is 0. The minimum absolute atomic E-state index is 0.0257. The lowest BCUT2D eigenvalue weighted by atomic mass is 9.97. The third-order valence-corrected chi connectivity index (χ3v) is 4.18. The van der Waals surface area contributed by atoms with Crippen molar-refractivity contribution >= 4 is 17.3 Å². The zero-order chi connectivity index (χ0) is 13.0. The van der Waals surface area contributed by atoms with Crippen molar-refractivity contribution in [2.45, 2.75) is 33.2 Å². The number of rotatable bonds is 4. The standard InChI is InChI=1S/C13H20N2O2S/c1-3-17-13(16)11-4-6-15(7-5-11)8-12-14-10(2)9-18-12/h9,11H,3-8H2,1-2H3. The summed E-state index contributed by atoms with van der Waals surface area (Å²) in [7, 11) is 0. The fraction of sp³-hybridized carbons (Fsp3) is 0.692. The van der Waals surface area contributed by atoms with Gasteiger partial charge in [-0.25, -0.2) is 4.98 Å². The van der Waals surface area contributed by atoms with Gasteiger partial charge in [-0.15, -0.1) is 11.3 Å². The second-order valence-electron chi connectivity index (χ2n) is 4.69. The fourth-order valence-corrected chi connectivity index (χ4v) is 3.07. The number of hydrogen-bond acceptors (Lipinski definition) is 5. The molecule has 5 heteroatoms. The second-order valence-corrected chi connectivity index (χ2v) is 5.63. The van der Waals surface area contributed by atoms with Gasteiger partial charge in [0.15, 0.2) is 0 Å². The highest BCUT2D eigenvalue weighted by Gasteiger charge is 2.26. The Balaban J connectivity index is 1.78. The minimum atomic E-state index is -0.0257. The lowest BCUT2D eigenvalue weighted by Crippen LogP contribution is -2.36. The first-order valence-corrected chi connectivity index (χ1v) is 7.37. The minimum Gasteiger partial charge on any atom is -0.466 e. The Bertz CT molecular complexity index is 397. The maximum atomic E-state index is 11.6. The Labute approximate surface area is 112 Å². The Morgan fingerprint density at radius 3 is 2.83 bits per heavy atom. The van der Waals surface area contributed by atoms with Crippen LogP contribution in [0.3, 0.4) is 0 Å². The van der Waals surface area contributed by atoms with Gasteiger partial charge in [-0.05, 0) is 39.8 Å². The number of likely N-dealkylation sites (tertiary alicyclic amines) is 1. The van der Waals surface area contributed by atoms with E-state index in [1.807, 2.05) is 13.8 Å². The lowest BCUT2D eigenvalue weighted by molar-refractivity contribution is -0.149. The summed E-state index contributed by atoms with van der Waals surface area (Å²) in [5, 5.41) is 3.25. The number of piperidine rings is 1. The molecule has 1 saturated heterocycles. The molecule has 2 heterocycles. The molecular weight excluding hydrogens is 248 g/mol. The molecule has 1 aromatic rings. The SMILES string of the molecule is CCOC(=O)C1CCN(Cc2nc(C)cs2)CC1. The molecule has 1 aliphatic rings. The van der Waals surface area contributed by atoms with E-state index in [1.165, 1.54) is 5.01 Å². The fourth-order valence-electron chi connectivity index (χ4n) is 2.25. The van der Waals surface area contributed by atoms with Crippen molar-refractivity contribution in [3.05, 3.63) is 16.1 Å². The molecule has 0 aromatic carbocycles. The average Bonchev–Trinajstić information content (AvgIpc) is 2.76. The van der Waals surface area contributed by atoms with Crippen LogP contribution in [0.15, 0.2) is 5.38 Å². The largest absolute Gasteiger partial charge is 0.466 e. The molecule has 100 valence electrons. The predicted molar refractivity (Wildman–Crippen MR) is 71.5 cm³/mol. The summed E-state index contributed by atoms with van der Waals surface area (Å²) in [6.45, 7) is 7.19. The molecular formula is C13H20N2O2S. The highest BCUT2D eigenvalue weighted by molar-refractivity contribution is 7.09. The average molecular weight is 268 g/mol. The molecule has 0 unspecified atom stereocenters. The number of nitrogens with zero attached hydrogens (tertiary/aromatic N) is 2. The number of aryl methyl sites for hydroxylation is 1. The van der Waals surface area contributed by atoms with E-state index in [4.69, 9.17) is 4.74 Å². The molecule has 1 aromatic heterocycles. The van der Waals surface area contributed by atoms with Crippen LogP contribution in [0.25, 0.3) is 0 Å². The number of thiazole rings is 1. The number of esters is 1. The van der Waals surface area contributed by atoms with Crippen LogP contribution in [0.2, 0.25) is 0 Å². The lowest BCUT2D eigenvalue weighted by Gasteiger charge is -2.30. The van der Waals surface area contributed by atoms with E-state index in [0.29, 0.717) is 6.61 Å². The number of aromatic nitrogens is 1. The first-order chi connectivity index (χ1) is 8.69. The van der Waals surface area contributed by atoms with Gasteiger partial charge < -0.3 is 4.74 Å². The third kappa shape index (κ3) is 3.53. The van der Waals surface area contributed by atoms with Crippen molar-refractivity contribution in [1.29, 1.82) is 0 Å². The van der Waals surface area contributed by atoms with Crippen LogP contribution in [0.4, 0.5) is 0 Å². The van der Waals surface area contributed by atoms with Crippen LogP contribution >= 0.6 is 11.3 Å². The molecule has 2 rings (SSSR count). The van der Waals surface area contributed by atoms with Crippen LogP contribution in [0, 0.1) is 12.8 Å². The van der Waals surface area contributed by atoms with E-state index in [0.717, 1.165) is 38.2 Å². The number of carbonyl (C=O) groups is 1. The van der Waals surface area contributed by atoms with Crippen molar-refractivity contribution in [2.24, 2.45) is 5.92 Å². The summed E-state index contributed by atoms with van der Waals surface area (Å²) in [5.41, 5.74) is 1.09. The van der Waals surface area contributed by atoms with Crippen molar-refractivity contribution in [1.82, 2.24) is 9.88 Å². The molecule has 18 heavy (non-hydrogen) atoms. The molecule has 0 saturated carbocycles. The normalized spacial score (nSPS) is 17.9. The second kappa shape index (κ2) is 6.29. The van der Waals surface area contributed by atoms with Gasteiger partial charge >= 0.3 is 5.97 Å². The van der Waals surface area contributed by atoms with Crippen molar-refractivity contribution in [3.63, 3.8) is 0 Å². The Morgan fingerprint density at radius 2 is 2.28 bits per heavy atom. The first-order valence-electron chi connectivity index (χ1n) is 6.49. The molecule has 1 fully saturated rings. The molecule has 0 spiro atoms. The first kappa shape index (κ1) is 13.5. The van der Waals surface area contributed by atoms with Crippen LogP contribution in [0.5, 0.6) is 0 Å². The van der Waals surface area contributed by atoms with E-state index in [2.05, 4.69) is 15.3 Å². The Kier molecular flexibility index (Phi) is 4.72. The monoisotopic (exact) mass is 268 g/mol. The number of carbonyl (C=O) groups excluding carboxylic acids is 1. The Hall–Kier alpha value is -0.940. The maximum Gasteiger partial charge on any atom is 0.309 e. The summed E-state index contributed by atoms with van der Waals surface area (Å²) in [6.07, 6.45) is 1.81. The van der Waals surface area contributed by atoms with Crippen LogP contribution in [-0.4, -0.2) is 35.5 Å².